The first-order valence-corrected chi connectivity index (χ1v) is 7.48. The fourth-order valence-electron chi connectivity index (χ4n) is 2.84. The summed E-state index contributed by atoms with van der Waals surface area (Å²) in [6.45, 7) is 1.28. The second kappa shape index (κ2) is 5.04. The highest BCUT2D eigenvalue weighted by Gasteiger charge is 2.24. The minimum Gasteiger partial charge on any atom is -0.382 e. The molecule has 0 radical (unpaired) electrons. The van der Waals surface area contributed by atoms with Gasteiger partial charge in [0.2, 0.25) is 0 Å². The summed E-state index contributed by atoms with van der Waals surface area (Å²) in [6, 6.07) is 9.16. The van der Waals surface area contributed by atoms with E-state index < -0.39 is 0 Å². The monoisotopic (exact) mass is 281 g/mol. The highest BCUT2D eigenvalue weighted by Crippen LogP contribution is 2.37. The van der Waals surface area contributed by atoms with E-state index in [1.807, 2.05) is 13.2 Å². The first-order chi connectivity index (χ1) is 10.3. The number of nitrogens with one attached hydrogen (secondary N) is 2. The molecule has 2 N–H and O–H groups in total. The van der Waals surface area contributed by atoms with Gasteiger partial charge in [0.25, 0.3) is 0 Å². The van der Waals surface area contributed by atoms with E-state index in [-0.39, 0.29) is 0 Å². The Hall–Kier alpha value is -2.07. The van der Waals surface area contributed by atoms with Crippen molar-refractivity contribution >= 4 is 11.5 Å². The molecular formula is C17H19N3O. The summed E-state index contributed by atoms with van der Waals surface area (Å²) in [5.41, 5.74) is 6.07. The Kier molecular flexibility index (Phi) is 3.04. The lowest BCUT2D eigenvalue weighted by Gasteiger charge is -2.14. The maximum absolute atomic E-state index is 5.89. The third-order valence-corrected chi connectivity index (χ3v) is 4.15. The van der Waals surface area contributed by atoms with Crippen LogP contribution in [0.2, 0.25) is 0 Å². The Labute approximate surface area is 124 Å². The van der Waals surface area contributed by atoms with Gasteiger partial charge in [-0.3, -0.25) is 0 Å². The first-order valence-electron chi connectivity index (χ1n) is 7.48. The molecule has 21 heavy (non-hydrogen) atoms. The highest BCUT2D eigenvalue weighted by molar-refractivity contribution is 5.77. The van der Waals surface area contributed by atoms with Crippen LogP contribution in [-0.4, -0.2) is 18.1 Å². The second-order valence-electron chi connectivity index (χ2n) is 5.72. The van der Waals surface area contributed by atoms with Gasteiger partial charge in [0.05, 0.1) is 13.2 Å². The predicted octanol–water partition coefficient (Wildman–Crippen LogP) is 3.39. The number of benzene rings is 1. The molecule has 0 amide bonds. The molecule has 2 heterocycles. The Balaban J connectivity index is 1.82. The number of ether oxygens (including phenoxy) is 1. The predicted molar refractivity (Wildman–Crippen MR) is 84.4 cm³/mol. The number of anilines is 2. The van der Waals surface area contributed by atoms with Gasteiger partial charge in [-0.1, -0.05) is 12.1 Å². The average Bonchev–Trinajstić information content (AvgIpc) is 3.33. The molecule has 4 heteroatoms. The standard InChI is InChI=1S/C17H19N3O/c1-18-17-7-11-9-21-10-15-13(14(11)8-19-17)3-2-4-16(15)20-12-5-6-12/h2-4,7-8,12,20H,5-6,9-10H2,1H3,(H,18,19). The molecule has 0 atom stereocenters. The normalized spacial score (nSPS) is 16.6. The van der Waals surface area contributed by atoms with Crippen LogP contribution in [0.1, 0.15) is 24.0 Å². The van der Waals surface area contributed by atoms with Crippen LogP contribution in [0.3, 0.4) is 0 Å². The van der Waals surface area contributed by atoms with Crippen molar-refractivity contribution in [1.29, 1.82) is 0 Å². The summed E-state index contributed by atoms with van der Waals surface area (Å²) in [5.74, 6) is 0.882. The lowest BCUT2D eigenvalue weighted by molar-refractivity contribution is 0.110. The van der Waals surface area contributed by atoms with Gasteiger partial charge in [-0.05, 0) is 36.1 Å². The van der Waals surface area contributed by atoms with Gasteiger partial charge in [-0.15, -0.1) is 0 Å². The van der Waals surface area contributed by atoms with Crippen molar-refractivity contribution < 1.29 is 4.74 Å². The maximum atomic E-state index is 5.89. The first kappa shape index (κ1) is 12.7. The number of aromatic nitrogens is 1. The van der Waals surface area contributed by atoms with E-state index >= 15 is 0 Å². The molecule has 108 valence electrons. The van der Waals surface area contributed by atoms with Crippen LogP contribution in [-0.2, 0) is 18.0 Å². The molecule has 2 aromatic rings. The number of pyridine rings is 1. The SMILES string of the molecule is CNc1cc2c(cn1)-c1cccc(NC3CC3)c1COC2. The summed E-state index contributed by atoms with van der Waals surface area (Å²) in [6.07, 6.45) is 4.50. The van der Waals surface area contributed by atoms with Crippen molar-refractivity contribution in [2.24, 2.45) is 0 Å². The molecule has 4 nitrogen and oxygen atoms in total. The number of fused-ring (bicyclic) bond motifs is 3. The van der Waals surface area contributed by atoms with Crippen LogP contribution in [0, 0.1) is 0 Å². The Morgan fingerprint density at radius 3 is 2.90 bits per heavy atom. The smallest absolute Gasteiger partial charge is 0.126 e. The summed E-state index contributed by atoms with van der Waals surface area (Å²) in [7, 11) is 1.89. The zero-order chi connectivity index (χ0) is 14.2. The van der Waals surface area contributed by atoms with Crippen LogP contribution >= 0.6 is 0 Å². The molecule has 1 saturated carbocycles. The van der Waals surface area contributed by atoms with Crippen LogP contribution in [0.25, 0.3) is 11.1 Å². The van der Waals surface area contributed by atoms with Crippen molar-refractivity contribution in [3.8, 4) is 11.1 Å². The molecule has 1 aliphatic carbocycles. The van der Waals surface area contributed by atoms with E-state index in [1.54, 1.807) is 0 Å². The van der Waals surface area contributed by atoms with Crippen LogP contribution in [0.15, 0.2) is 30.5 Å². The molecule has 2 aliphatic rings. The van der Waals surface area contributed by atoms with Crippen molar-refractivity contribution in [1.82, 2.24) is 4.98 Å². The number of hydrogen-bond acceptors (Lipinski definition) is 4. The number of nitrogens with zero attached hydrogens (tertiary/aromatic N) is 1. The molecule has 1 aliphatic heterocycles. The highest BCUT2D eigenvalue weighted by atomic mass is 16.5. The van der Waals surface area contributed by atoms with Crippen molar-refractivity contribution in [2.45, 2.75) is 32.1 Å². The van der Waals surface area contributed by atoms with E-state index in [0.29, 0.717) is 19.3 Å². The molecule has 1 aromatic heterocycles. The lowest BCUT2D eigenvalue weighted by Crippen LogP contribution is -2.05. The van der Waals surface area contributed by atoms with Crippen LogP contribution in [0.4, 0.5) is 11.5 Å². The quantitative estimate of drug-likeness (QED) is 0.905. The topological polar surface area (TPSA) is 46.2 Å². The molecule has 1 aromatic carbocycles. The zero-order valence-corrected chi connectivity index (χ0v) is 12.1. The third kappa shape index (κ3) is 2.36. The zero-order valence-electron chi connectivity index (χ0n) is 12.1. The van der Waals surface area contributed by atoms with Gasteiger partial charge < -0.3 is 15.4 Å². The minimum atomic E-state index is 0.629. The largest absolute Gasteiger partial charge is 0.382 e. The Morgan fingerprint density at radius 2 is 2.10 bits per heavy atom. The van der Waals surface area contributed by atoms with Gasteiger partial charge in [0.15, 0.2) is 0 Å². The molecule has 4 rings (SSSR count). The van der Waals surface area contributed by atoms with Gasteiger partial charge >= 0.3 is 0 Å². The number of rotatable bonds is 3. The number of hydrogen-bond donors (Lipinski definition) is 2. The minimum absolute atomic E-state index is 0.629. The molecular weight excluding hydrogens is 262 g/mol. The second-order valence-corrected chi connectivity index (χ2v) is 5.72. The van der Waals surface area contributed by atoms with Gasteiger partial charge in [-0.25, -0.2) is 4.98 Å². The van der Waals surface area contributed by atoms with Crippen molar-refractivity contribution in [3.05, 3.63) is 41.6 Å². The van der Waals surface area contributed by atoms with E-state index in [4.69, 9.17) is 4.74 Å². The fraction of sp³-hybridized carbons (Fsp3) is 0.353. The van der Waals surface area contributed by atoms with E-state index in [2.05, 4.69) is 39.9 Å². The summed E-state index contributed by atoms with van der Waals surface area (Å²) in [4.78, 5) is 4.47. The van der Waals surface area contributed by atoms with E-state index in [1.165, 1.54) is 40.8 Å². The molecule has 0 spiro atoms. The summed E-state index contributed by atoms with van der Waals surface area (Å²) in [5, 5.41) is 6.70. The van der Waals surface area contributed by atoms with Gasteiger partial charge in [0.1, 0.15) is 5.82 Å². The summed E-state index contributed by atoms with van der Waals surface area (Å²) >= 11 is 0. The molecule has 0 bridgehead atoms. The lowest BCUT2D eigenvalue weighted by atomic mass is 9.97. The Morgan fingerprint density at radius 1 is 1.19 bits per heavy atom. The van der Waals surface area contributed by atoms with Crippen molar-refractivity contribution in [2.75, 3.05) is 17.7 Å². The Bertz CT molecular complexity index is 680. The van der Waals surface area contributed by atoms with Gasteiger partial charge in [-0.2, -0.15) is 0 Å². The maximum Gasteiger partial charge on any atom is 0.126 e. The molecule has 0 unspecified atom stereocenters. The summed E-state index contributed by atoms with van der Waals surface area (Å²) < 4.78 is 5.89. The molecule has 1 fully saturated rings. The van der Waals surface area contributed by atoms with Gasteiger partial charge in [0, 0.05) is 36.1 Å². The van der Waals surface area contributed by atoms with E-state index in [9.17, 15) is 0 Å². The van der Waals surface area contributed by atoms with Crippen LogP contribution < -0.4 is 10.6 Å². The fourth-order valence-corrected chi connectivity index (χ4v) is 2.84. The molecule has 0 saturated heterocycles. The van der Waals surface area contributed by atoms with Crippen LogP contribution in [0.5, 0.6) is 0 Å². The third-order valence-electron chi connectivity index (χ3n) is 4.15. The average molecular weight is 281 g/mol. The van der Waals surface area contributed by atoms with E-state index in [0.717, 1.165) is 5.82 Å². The van der Waals surface area contributed by atoms with Crippen molar-refractivity contribution in [3.63, 3.8) is 0 Å².